The number of guanidine groups is 1. The van der Waals surface area contributed by atoms with Crippen molar-refractivity contribution in [3.63, 3.8) is 0 Å². The van der Waals surface area contributed by atoms with E-state index < -0.39 is 12.7 Å². The second kappa shape index (κ2) is 12.5. The Morgan fingerprint density at radius 3 is 2.35 bits per heavy atom. The molecule has 0 unspecified atom stereocenters. The van der Waals surface area contributed by atoms with Gasteiger partial charge in [-0.05, 0) is 20.0 Å². The molecule has 0 fully saturated rings. The zero-order valence-corrected chi connectivity index (χ0v) is 14.4. The molecule has 0 rings (SSSR count). The molecule has 0 radical (unpaired) electrons. The van der Waals surface area contributed by atoms with Gasteiger partial charge in [-0.15, -0.1) is 24.0 Å². The summed E-state index contributed by atoms with van der Waals surface area (Å²) in [5.41, 5.74) is 0. The van der Waals surface area contributed by atoms with Gasteiger partial charge in [-0.3, -0.25) is 9.89 Å². The standard InChI is InChI=1S/C11H23F3N4O.HI/c1-15-10(17-6-8-19-3)16-5-4-7-18(2)9-11(12,13)14;/h4-9H2,1-3H3,(H2,15,16,17);1H. The molecular weight excluding hydrogens is 388 g/mol. The van der Waals surface area contributed by atoms with Crippen LogP contribution in [0.3, 0.4) is 0 Å². The lowest BCUT2D eigenvalue weighted by Crippen LogP contribution is -2.40. The smallest absolute Gasteiger partial charge is 0.383 e. The molecule has 0 aliphatic rings. The van der Waals surface area contributed by atoms with Crippen LogP contribution in [0.2, 0.25) is 0 Å². The lowest BCUT2D eigenvalue weighted by atomic mass is 10.4. The number of nitrogens with one attached hydrogen (secondary N) is 2. The van der Waals surface area contributed by atoms with E-state index in [1.165, 1.54) is 11.9 Å². The molecule has 9 heteroatoms. The molecule has 0 aromatic heterocycles. The van der Waals surface area contributed by atoms with Gasteiger partial charge in [-0.2, -0.15) is 13.2 Å². The van der Waals surface area contributed by atoms with Crippen LogP contribution in [0.5, 0.6) is 0 Å². The molecule has 5 nitrogen and oxygen atoms in total. The van der Waals surface area contributed by atoms with E-state index in [-0.39, 0.29) is 24.0 Å². The molecule has 0 bridgehead atoms. The van der Waals surface area contributed by atoms with Gasteiger partial charge < -0.3 is 15.4 Å². The summed E-state index contributed by atoms with van der Waals surface area (Å²) < 4.78 is 41.1. The molecule has 0 saturated carbocycles. The van der Waals surface area contributed by atoms with E-state index >= 15 is 0 Å². The third kappa shape index (κ3) is 14.1. The number of halogens is 4. The number of methoxy groups -OCH3 is 1. The summed E-state index contributed by atoms with van der Waals surface area (Å²) in [6.45, 7) is 1.25. The minimum atomic E-state index is -4.14. The topological polar surface area (TPSA) is 48.9 Å². The van der Waals surface area contributed by atoms with E-state index in [0.717, 1.165) is 0 Å². The van der Waals surface area contributed by atoms with Crippen molar-refractivity contribution in [3.05, 3.63) is 0 Å². The van der Waals surface area contributed by atoms with Crippen molar-refractivity contribution in [2.75, 3.05) is 54.0 Å². The van der Waals surface area contributed by atoms with Gasteiger partial charge in [-0.25, -0.2) is 0 Å². The Bertz CT molecular complexity index is 265. The summed E-state index contributed by atoms with van der Waals surface area (Å²) in [4.78, 5) is 5.23. The average Bonchev–Trinajstić information content (AvgIpc) is 2.30. The van der Waals surface area contributed by atoms with Gasteiger partial charge in [0.2, 0.25) is 0 Å². The van der Waals surface area contributed by atoms with E-state index in [2.05, 4.69) is 15.6 Å². The van der Waals surface area contributed by atoms with Crippen molar-refractivity contribution in [2.45, 2.75) is 12.6 Å². The van der Waals surface area contributed by atoms with E-state index in [1.807, 2.05) is 0 Å². The van der Waals surface area contributed by atoms with Crippen LogP contribution in [-0.4, -0.2) is 71.0 Å². The summed E-state index contributed by atoms with van der Waals surface area (Å²) in [7, 11) is 4.70. The third-order valence-corrected chi connectivity index (χ3v) is 2.28. The maximum Gasteiger partial charge on any atom is 0.401 e. The van der Waals surface area contributed by atoms with E-state index in [1.54, 1.807) is 14.2 Å². The van der Waals surface area contributed by atoms with E-state index in [9.17, 15) is 13.2 Å². The van der Waals surface area contributed by atoms with Gasteiger partial charge in [0.25, 0.3) is 0 Å². The quantitative estimate of drug-likeness (QED) is 0.273. The number of aliphatic imine (C=N–C) groups is 1. The van der Waals surface area contributed by atoms with Crippen LogP contribution in [0, 0.1) is 0 Å². The largest absolute Gasteiger partial charge is 0.401 e. The zero-order chi connectivity index (χ0) is 14.7. The Labute approximate surface area is 135 Å². The fourth-order valence-corrected chi connectivity index (χ4v) is 1.43. The van der Waals surface area contributed by atoms with Crippen LogP contribution in [-0.2, 0) is 4.74 Å². The predicted molar refractivity (Wildman–Crippen MR) is 84.8 cm³/mol. The van der Waals surface area contributed by atoms with Crippen LogP contribution in [0.15, 0.2) is 4.99 Å². The number of rotatable bonds is 8. The van der Waals surface area contributed by atoms with Crippen molar-refractivity contribution < 1.29 is 17.9 Å². The summed E-state index contributed by atoms with van der Waals surface area (Å²) in [5.74, 6) is 0.621. The van der Waals surface area contributed by atoms with Crippen molar-refractivity contribution in [2.24, 2.45) is 4.99 Å². The van der Waals surface area contributed by atoms with Crippen LogP contribution in [0.1, 0.15) is 6.42 Å². The highest BCUT2D eigenvalue weighted by molar-refractivity contribution is 14.0. The van der Waals surface area contributed by atoms with Crippen molar-refractivity contribution in [3.8, 4) is 0 Å². The van der Waals surface area contributed by atoms with Crippen LogP contribution in [0.25, 0.3) is 0 Å². The van der Waals surface area contributed by atoms with Crippen LogP contribution >= 0.6 is 24.0 Å². The summed E-state index contributed by atoms with van der Waals surface area (Å²) in [5, 5.41) is 6.04. The first-order chi connectivity index (χ1) is 8.89. The first kappa shape index (κ1) is 22.0. The highest BCUT2D eigenvalue weighted by Crippen LogP contribution is 2.15. The Balaban J connectivity index is 0. The monoisotopic (exact) mass is 412 g/mol. The number of hydrogen-bond donors (Lipinski definition) is 2. The second-order valence-corrected chi connectivity index (χ2v) is 4.13. The molecule has 0 aliphatic heterocycles. The van der Waals surface area contributed by atoms with Crippen molar-refractivity contribution in [1.29, 1.82) is 0 Å². The molecule has 0 aromatic rings. The predicted octanol–water partition coefficient (Wildman–Crippen LogP) is 1.30. The molecule has 20 heavy (non-hydrogen) atoms. The molecule has 122 valence electrons. The first-order valence-electron chi connectivity index (χ1n) is 6.08. The summed E-state index contributed by atoms with van der Waals surface area (Å²) >= 11 is 0. The molecule has 0 saturated heterocycles. The highest BCUT2D eigenvalue weighted by Gasteiger charge is 2.28. The van der Waals surface area contributed by atoms with Gasteiger partial charge >= 0.3 is 6.18 Å². The Hall–Kier alpha value is -0.290. The maximum absolute atomic E-state index is 12.1. The van der Waals surface area contributed by atoms with Crippen molar-refractivity contribution in [1.82, 2.24) is 15.5 Å². The fourth-order valence-electron chi connectivity index (χ4n) is 1.43. The van der Waals surface area contributed by atoms with Crippen LogP contribution in [0.4, 0.5) is 13.2 Å². The number of ether oxygens (including phenoxy) is 1. The summed E-state index contributed by atoms with van der Waals surface area (Å²) in [6.07, 6.45) is -3.53. The highest BCUT2D eigenvalue weighted by atomic mass is 127. The maximum atomic E-state index is 12.1. The lowest BCUT2D eigenvalue weighted by molar-refractivity contribution is -0.143. The molecule has 0 heterocycles. The third-order valence-electron chi connectivity index (χ3n) is 2.28. The number of nitrogens with zero attached hydrogens (tertiary/aromatic N) is 2. The van der Waals surface area contributed by atoms with Gasteiger partial charge in [0.15, 0.2) is 5.96 Å². The first-order valence-corrected chi connectivity index (χ1v) is 6.08. The van der Waals surface area contributed by atoms with Gasteiger partial charge in [0, 0.05) is 27.2 Å². The minimum Gasteiger partial charge on any atom is -0.383 e. The molecule has 0 atom stereocenters. The van der Waals surface area contributed by atoms with Gasteiger partial charge in [0.1, 0.15) is 0 Å². The Morgan fingerprint density at radius 2 is 1.85 bits per heavy atom. The molecule has 0 aromatic carbocycles. The number of alkyl halides is 3. The lowest BCUT2D eigenvalue weighted by Gasteiger charge is -2.18. The van der Waals surface area contributed by atoms with E-state index in [0.29, 0.717) is 38.6 Å². The van der Waals surface area contributed by atoms with Gasteiger partial charge in [-0.1, -0.05) is 0 Å². The van der Waals surface area contributed by atoms with E-state index in [4.69, 9.17) is 4.74 Å². The molecule has 2 N–H and O–H groups in total. The SMILES string of the molecule is CN=C(NCCCN(C)CC(F)(F)F)NCCOC.I. The zero-order valence-electron chi connectivity index (χ0n) is 12.1. The van der Waals surface area contributed by atoms with Gasteiger partial charge in [0.05, 0.1) is 13.2 Å². The Morgan fingerprint density at radius 1 is 1.25 bits per heavy atom. The molecular formula is C11H24F3IN4O. The molecule has 0 spiro atoms. The number of hydrogen-bond acceptors (Lipinski definition) is 3. The minimum absolute atomic E-state index is 0. The van der Waals surface area contributed by atoms with Crippen molar-refractivity contribution >= 4 is 29.9 Å². The second-order valence-electron chi connectivity index (χ2n) is 4.13. The molecule has 0 aliphatic carbocycles. The average molecular weight is 412 g/mol. The van der Waals surface area contributed by atoms with Crippen LogP contribution < -0.4 is 10.6 Å². The normalized spacial score (nSPS) is 12.2. The summed E-state index contributed by atoms with van der Waals surface area (Å²) in [6, 6.07) is 0. The Kier molecular flexibility index (Phi) is 13.7. The fraction of sp³-hybridized carbons (Fsp3) is 0.909. The molecule has 0 amide bonds.